The number of carbonyl (C=O) groups excluding carboxylic acids is 1. The molecular weight excluding hydrogens is 218 g/mol. The molecule has 0 radical (unpaired) electrons. The Balaban J connectivity index is 1.84. The van der Waals surface area contributed by atoms with Crippen molar-refractivity contribution in [2.45, 2.75) is 39.3 Å². The van der Waals surface area contributed by atoms with E-state index in [1.54, 1.807) is 0 Å². The Hall–Kier alpha value is -1.36. The number of rotatable bonds is 3. The summed E-state index contributed by atoms with van der Waals surface area (Å²) in [4.78, 5) is 12.0. The maximum Gasteiger partial charge on any atom is 0.237 e. The van der Waals surface area contributed by atoms with E-state index in [2.05, 4.69) is 22.7 Å². The van der Waals surface area contributed by atoms with Gasteiger partial charge in [-0.05, 0) is 32.2 Å². The van der Waals surface area contributed by atoms with Gasteiger partial charge in [0.05, 0.1) is 12.6 Å². The molecule has 1 aliphatic rings. The van der Waals surface area contributed by atoms with Crippen LogP contribution in [0, 0.1) is 12.8 Å². The van der Waals surface area contributed by atoms with Gasteiger partial charge in [0.15, 0.2) is 0 Å². The highest BCUT2D eigenvalue weighted by Crippen LogP contribution is 2.15. The Morgan fingerprint density at radius 3 is 3.18 bits per heavy atom. The first kappa shape index (κ1) is 12.1. The lowest BCUT2D eigenvalue weighted by atomic mass is 9.92. The lowest BCUT2D eigenvalue weighted by molar-refractivity contribution is -0.125. The van der Waals surface area contributed by atoms with Crippen LogP contribution in [-0.2, 0) is 11.3 Å². The van der Waals surface area contributed by atoms with Crippen molar-refractivity contribution in [3.05, 3.63) is 17.5 Å². The second-order valence-electron chi connectivity index (χ2n) is 4.70. The minimum Gasteiger partial charge on any atom is -0.361 e. The smallest absolute Gasteiger partial charge is 0.237 e. The normalized spacial score (nSPS) is 24.6. The van der Waals surface area contributed by atoms with Crippen LogP contribution < -0.4 is 10.6 Å². The molecule has 2 unspecified atom stereocenters. The average Bonchev–Trinajstić information content (AvgIpc) is 2.73. The molecule has 17 heavy (non-hydrogen) atoms. The van der Waals surface area contributed by atoms with Crippen molar-refractivity contribution < 1.29 is 9.32 Å². The number of nitrogens with one attached hydrogen (secondary N) is 2. The standard InChI is InChI=1S/C12H19N3O2/c1-8-4-3-5-13-11(8)12(16)14-7-10-6-9(2)17-15-10/h6,8,11,13H,3-5,7H2,1-2H3,(H,14,16). The molecule has 5 nitrogen and oxygen atoms in total. The average molecular weight is 237 g/mol. The van der Waals surface area contributed by atoms with Gasteiger partial charge >= 0.3 is 0 Å². The Bertz CT molecular complexity index is 389. The Labute approximate surface area is 101 Å². The molecule has 1 aromatic heterocycles. The van der Waals surface area contributed by atoms with Crippen LogP contribution in [0.2, 0.25) is 0 Å². The number of aromatic nitrogens is 1. The summed E-state index contributed by atoms with van der Waals surface area (Å²) in [5, 5.41) is 9.98. The SMILES string of the molecule is Cc1cc(CNC(=O)C2NCCCC2C)no1. The minimum absolute atomic E-state index is 0.0536. The molecule has 1 saturated heterocycles. The second kappa shape index (κ2) is 5.31. The van der Waals surface area contributed by atoms with Gasteiger partial charge in [0, 0.05) is 6.07 Å². The van der Waals surface area contributed by atoms with Crippen LogP contribution in [0.1, 0.15) is 31.2 Å². The molecule has 2 atom stereocenters. The van der Waals surface area contributed by atoms with E-state index >= 15 is 0 Å². The van der Waals surface area contributed by atoms with E-state index in [-0.39, 0.29) is 11.9 Å². The summed E-state index contributed by atoms with van der Waals surface area (Å²) in [6.45, 7) is 5.30. The van der Waals surface area contributed by atoms with Gasteiger partial charge in [0.1, 0.15) is 11.5 Å². The molecule has 0 spiro atoms. The monoisotopic (exact) mass is 237 g/mol. The summed E-state index contributed by atoms with van der Waals surface area (Å²) in [5.74, 6) is 1.21. The fourth-order valence-corrected chi connectivity index (χ4v) is 2.19. The van der Waals surface area contributed by atoms with Gasteiger partial charge < -0.3 is 15.2 Å². The molecule has 1 fully saturated rings. The van der Waals surface area contributed by atoms with Crippen LogP contribution >= 0.6 is 0 Å². The molecule has 5 heteroatoms. The summed E-state index contributed by atoms with van der Waals surface area (Å²) in [7, 11) is 0. The predicted molar refractivity (Wildman–Crippen MR) is 63.3 cm³/mol. The van der Waals surface area contributed by atoms with Crippen molar-refractivity contribution >= 4 is 5.91 Å². The number of hydrogen-bond donors (Lipinski definition) is 2. The lowest BCUT2D eigenvalue weighted by Crippen LogP contribution is -2.50. The van der Waals surface area contributed by atoms with Gasteiger partial charge in [-0.3, -0.25) is 4.79 Å². The van der Waals surface area contributed by atoms with Gasteiger partial charge in [-0.1, -0.05) is 12.1 Å². The second-order valence-corrected chi connectivity index (χ2v) is 4.70. The molecule has 0 aliphatic carbocycles. The highest BCUT2D eigenvalue weighted by molar-refractivity contribution is 5.82. The van der Waals surface area contributed by atoms with Crippen LogP contribution in [0.5, 0.6) is 0 Å². The van der Waals surface area contributed by atoms with Gasteiger partial charge in [0.25, 0.3) is 0 Å². The summed E-state index contributed by atoms with van der Waals surface area (Å²) in [6, 6.07) is 1.76. The Morgan fingerprint density at radius 1 is 1.71 bits per heavy atom. The number of amides is 1. The third-order valence-corrected chi connectivity index (χ3v) is 3.17. The van der Waals surface area contributed by atoms with Crippen LogP contribution in [0.4, 0.5) is 0 Å². The quantitative estimate of drug-likeness (QED) is 0.822. The zero-order valence-electron chi connectivity index (χ0n) is 10.3. The van der Waals surface area contributed by atoms with Crippen LogP contribution in [0.3, 0.4) is 0 Å². The van der Waals surface area contributed by atoms with E-state index in [1.807, 2.05) is 13.0 Å². The first-order valence-corrected chi connectivity index (χ1v) is 6.10. The van der Waals surface area contributed by atoms with E-state index in [1.165, 1.54) is 0 Å². The van der Waals surface area contributed by atoms with Crippen LogP contribution in [0.15, 0.2) is 10.6 Å². The van der Waals surface area contributed by atoms with Crippen LogP contribution in [-0.4, -0.2) is 23.7 Å². The van der Waals surface area contributed by atoms with E-state index in [4.69, 9.17) is 4.52 Å². The van der Waals surface area contributed by atoms with Crippen molar-refractivity contribution in [1.29, 1.82) is 0 Å². The maximum atomic E-state index is 12.0. The van der Waals surface area contributed by atoms with Crippen molar-refractivity contribution in [3.8, 4) is 0 Å². The first-order valence-electron chi connectivity index (χ1n) is 6.10. The van der Waals surface area contributed by atoms with Crippen molar-refractivity contribution in [2.75, 3.05) is 6.54 Å². The first-order chi connectivity index (χ1) is 8.16. The van der Waals surface area contributed by atoms with Crippen molar-refractivity contribution in [1.82, 2.24) is 15.8 Å². The molecule has 2 heterocycles. The number of piperidine rings is 1. The maximum absolute atomic E-state index is 12.0. The molecular formula is C12H19N3O2. The molecule has 94 valence electrons. The third kappa shape index (κ3) is 3.06. The molecule has 1 aromatic rings. The lowest BCUT2D eigenvalue weighted by Gasteiger charge is -2.28. The molecule has 1 amide bonds. The fraction of sp³-hybridized carbons (Fsp3) is 0.667. The molecule has 1 aliphatic heterocycles. The fourth-order valence-electron chi connectivity index (χ4n) is 2.19. The Kier molecular flexibility index (Phi) is 3.78. The highest BCUT2D eigenvalue weighted by atomic mass is 16.5. The molecule has 0 aromatic carbocycles. The number of carbonyl (C=O) groups is 1. The van der Waals surface area contributed by atoms with E-state index in [9.17, 15) is 4.79 Å². The van der Waals surface area contributed by atoms with Crippen molar-refractivity contribution in [2.24, 2.45) is 5.92 Å². The van der Waals surface area contributed by atoms with Gasteiger partial charge in [-0.2, -0.15) is 0 Å². The van der Waals surface area contributed by atoms with E-state index in [0.717, 1.165) is 30.8 Å². The summed E-state index contributed by atoms with van der Waals surface area (Å²) < 4.78 is 4.95. The number of nitrogens with zero attached hydrogens (tertiary/aromatic N) is 1. The van der Waals surface area contributed by atoms with Crippen molar-refractivity contribution in [3.63, 3.8) is 0 Å². The van der Waals surface area contributed by atoms with Gasteiger partial charge in [0.2, 0.25) is 5.91 Å². The molecule has 0 saturated carbocycles. The molecule has 0 bridgehead atoms. The van der Waals surface area contributed by atoms with E-state index < -0.39 is 0 Å². The molecule has 2 N–H and O–H groups in total. The summed E-state index contributed by atoms with van der Waals surface area (Å²) in [5.41, 5.74) is 0.763. The Morgan fingerprint density at radius 2 is 2.53 bits per heavy atom. The largest absolute Gasteiger partial charge is 0.361 e. The summed E-state index contributed by atoms with van der Waals surface area (Å²) >= 11 is 0. The zero-order chi connectivity index (χ0) is 12.3. The topological polar surface area (TPSA) is 67.2 Å². The van der Waals surface area contributed by atoms with E-state index in [0.29, 0.717) is 12.5 Å². The zero-order valence-corrected chi connectivity index (χ0v) is 10.3. The number of aryl methyl sites for hydroxylation is 1. The molecule has 2 rings (SSSR count). The van der Waals surface area contributed by atoms with Gasteiger partial charge in [-0.15, -0.1) is 0 Å². The third-order valence-electron chi connectivity index (χ3n) is 3.17. The number of hydrogen-bond acceptors (Lipinski definition) is 4. The predicted octanol–water partition coefficient (Wildman–Crippen LogP) is 0.987. The highest BCUT2D eigenvalue weighted by Gasteiger charge is 2.27. The summed E-state index contributed by atoms with van der Waals surface area (Å²) in [6.07, 6.45) is 2.25. The van der Waals surface area contributed by atoms with Crippen LogP contribution in [0.25, 0.3) is 0 Å². The minimum atomic E-state index is -0.0725. The van der Waals surface area contributed by atoms with Gasteiger partial charge in [-0.25, -0.2) is 0 Å².